The van der Waals surface area contributed by atoms with E-state index in [4.69, 9.17) is 0 Å². The molecule has 2 fully saturated rings. The molecule has 5 heteroatoms. The van der Waals surface area contributed by atoms with E-state index in [2.05, 4.69) is 20.8 Å². The Kier molecular flexibility index (Phi) is 3.27. The van der Waals surface area contributed by atoms with Crippen LogP contribution >= 0.6 is 0 Å². The number of carbonyl (C=O) groups excluding carboxylic acids is 1. The zero-order chi connectivity index (χ0) is 16.1. The Morgan fingerprint density at radius 1 is 1.32 bits per heavy atom. The van der Waals surface area contributed by atoms with Crippen molar-refractivity contribution < 1.29 is 9.72 Å². The van der Waals surface area contributed by atoms with Gasteiger partial charge in [0.25, 0.3) is 11.6 Å². The molecule has 1 amide bonds. The molecule has 1 aliphatic heterocycles. The quantitative estimate of drug-likeness (QED) is 0.619. The van der Waals surface area contributed by atoms with Crippen molar-refractivity contribution in [2.24, 2.45) is 10.8 Å². The molecule has 22 heavy (non-hydrogen) atoms. The molecule has 1 saturated carbocycles. The second-order valence-electron chi connectivity index (χ2n) is 7.95. The van der Waals surface area contributed by atoms with Crippen LogP contribution in [0.25, 0.3) is 0 Å². The maximum Gasteiger partial charge on any atom is 0.270 e. The maximum atomic E-state index is 12.8. The fourth-order valence-corrected chi connectivity index (χ4v) is 4.62. The minimum Gasteiger partial charge on any atom is -0.335 e. The number of rotatable bonds is 2. The third-order valence-corrected chi connectivity index (χ3v) is 4.98. The summed E-state index contributed by atoms with van der Waals surface area (Å²) in [7, 11) is 0. The first-order valence-electron chi connectivity index (χ1n) is 7.75. The van der Waals surface area contributed by atoms with Gasteiger partial charge in [0.1, 0.15) is 0 Å². The number of hydrogen-bond acceptors (Lipinski definition) is 3. The number of carbonyl (C=O) groups is 1. The minimum atomic E-state index is -0.455. The summed E-state index contributed by atoms with van der Waals surface area (Å²) in [6, 6.07) is 6.31. The molecule has 0 N–H and O–H groups in total. The molecule has 1 aromatic carbocycles. The summed E-state index contributed by atoms with van der Waals surface area (Å²) in [5.41, 5.74) is 0.806. The zero-order valence-corrected chi connectivity index (χ0v) is 13.3. The van der Waals surface area contributed by atoms with Gasteiger partial charge in [-0.15, -0.1) is 0 Å². The van der Waals surface area contributed by atoms with Crippen LogP contribution in [-0.4, -0.2) is 28.3 Å². The van der Waals surface area contributed by atoms with Gasteiger partial charge >= 0.3 is 0 Å². The number of nitro benzene ring substituents is 1. The average Bonchev–Trinajstić information content (AvgIpc) is 2.67. The minimum absolute atomic E-state index is 0.0282. The number of nitro groups is 1. The first-order valence-corrected chi connectivity index (χ1v) is 7.75. The molecular weight excluding hydrogens is 280 g/mol. The van der Waals surface area contributed by atoms with Crippen molar-refractivity contribution in [3.8, 4) is 0 Å². The van der Waals surface area contributed by atoms with Crippen molar-refractivity contribution in [3.63, 3.8) is 0 Å². The molecule has 5 nitrogen and oxygen atoms in total. The van der Waals surface area contributed by atoms with E-state index >= 15 is 0 Å². The highest BCUT2D eigenvalue weighted by Crippen LogP contribution is 2.52. The van der Waals surface area contributed by atoms with E-state index in [0.717, 1.165) is 25.8 Å². The van der Waals surface area contributed by atoms with Gasteiger partial charge in [-0.3, -0.25) is 14.9 Å². The van der Waals surface area contributed by atoms with Crippen LogP contribution in [0.5, 0.6) is 0 Å². The van der Waals surface area contributed by atoms with Crippen molar-refractivity contribution >= 4 is 11.6 Å². The summed E-state index contributed by atoms with van der Waals surface area (Å²) >= 11 is 0. The van der Waals surface area contributed by atoms with Crippen molar-refractivity contribution in [3.05, 3.63) is 39.9 Å². The first-order chi connectivity index (χ1) is 10.2. The molecule has 0 aromatic heterocycles. The molecule has 2 aliphatic rings. The van der Waals surface area contributed by atoms with E-state index in [0.29, 0.717) is 5.56 Å². The predicted octanol–water partition coefficient (Wildman–Crippen LogP) is 3.64. The maximum absolute atomic E-state index is 12.8. The molecule has 1 aromatic rings. The van der Waals surface area contributed by atoms with Gasteiger partial charge in [0, 0.05) is 30.3 Å². The van der Waals surface area contributed by atoms with Gasteiger partial charge in [0.15, 0.2) is 0 Å². The number of fused-ring (bicyclic) bond motifs is 2. The lowest BCUT2D eigenvalue weighted by molar-refractivity contribution is -0.384. The van der Waals surface area contributed by atoms with E-state index in [9.17, 15) is 14.9 Å². The predicted molar refractivity (Wildman–Crippen MR) is 83.7 cm³/mol. The summed E-state index contributed by atoms with van der Waals surface area (Å²) in [4.78, 5) is 25.2. The normalized spacial score (nSPS) is 29.4. The Hall–Kier alpha value is -1.91. The Morgan fingerprint density at radius 2 is 2.05 bits per heavy atom. The van der Waals surface area contributed by atoms with Crippen molar-refractivity contribution in [2.75, 3.05) is 6.54 Å². The summed E-state index contributed by atoms with van der Waals surface area (Å²) < 4.78 is 0. The third-order valence-electron chi connectivity index (χ3n) is 4.98. The highest BCUT2D eigenvalue weighted by Gasteiger charge is 2.51. The van der Waals surface area contributed by atoms with E-state index in [1.165, 1.54) is 12.1 Å². The second kappa shape index (κ2) is 4.80. The lowest BCUT2D eigenvalue weighted by Gasteiger charge is -2.39. The fraction of sp³-hybridized carbons (Fsp3) is 0.588. The van der Waals surface area contributed by atoms with Gasteiger partial charge in [0.2, 0.25) is 0 Å². The second-order valence-corrected chi connectivity index (χ2v) is 7.95. The Balaban J connectivity index is 1.87. The van der Waals surface area contributed by atoms with E-state index in [1.54, 1.807) is 12.1 Å². The van der Waals surface area contributed by atoms with Crippen LogP contribution in [0.2, 0.25) is 0 Å². The molecule has 0 radical (unpaired) electrons. The van der Waals surface area contributed by atoms with Crippen molar-refractivity contribution in [1.29, 1.82) is 0 Å². The van der Waals surface area contributed by atoms with E-state index in [-0.39, 0.29) is 28.5 Å². The summed E-state index contributed by atoms with van der Waals surface area (Å²) in [6.45, 7) is 7.53. The number of nitrogens with zero attached hydrogens (tertiary/aromatic N) is 2. The summed E-state index contributed by atoms with van der Waals surface area (Å²) in [6.07, 6.45) is 3.16. The third kappa shape index (κ3) is 2.60. The first kappa shape index (κ1) is 15.0. The van der Waals surface area contributed by atoms with Crippen LogP contribution in [0.1, 0.15) is 50.4 Å². The number of hydrogen-bond donors (Lipinski definition) is 0. The number of benzene rings is 1. The Bertz CT molecular complexity index is 641. The van der Waals surface area contributed by atoms with Crippen molar-refractivity contribution in [2.45, 2.75) is 46.1 Å². The monoisotopic (exact) mass is 302 g/mol. The van der Waals surface area contributed by atoms with E-state index < -0.39 is 4.92 Å². The van der Waals surface area contributed by atoms with Gasteiger partial charge < -0.3 is 4.90 Å². The summed E-state index contributed by atoms with van der Waals surface area (Å²) in [5, 5.41) is 10.9. The molecule has 1 saturated heterocycles. The molecular formula is C17H22N2O3. The lowest BCUT2D eigenvalue weighted by Crippen LogP contribution is -2.37. The van der Waals surface area contributed by atoms with Gasteiger partial charge in [-0.05, 0) is 36.2 Å². The smallest absolute Gasteiger partial charge is 0.270 e. The highest BCUT2D eigenvalue weighted by atomic mass is 16.6. The molecule has 118 valence electrons. The molecule has 3 rings (SSSR count). The zero-order valence-electron chi connectivity index (χ0n) is 13.3. The number of amides is 1. The molecule has 0 spiro atoms. The van der Waals surface area contributed by atoms with Gasteiger partial charge in [-0.1, -0.05) is 26.8 Å². The molecule has 1 aliphatic carbocycles. The van der Waals surface area contributed by atoms with Crippen molar-refractivity contribution in [1.82, 2.24) is 4.90 Å². The lowest BCUT2D eigenvalue weighted by atomic mass is 9.65. The standard InChI is InChI=1S/C17H22N2O3/c1-16(2)8-14-9-17(3,10-16)11-18(14)15(20)12-5-4-6-13(7-12)19(21)22/h4-7,14H,8-11H2,1-3H3/t14-,17-/m1/s1. The van der Waals surface area contributed by atoms with Crippen LogP contribution in [0.4, 0.5) is 5.69 Å². The number of non-ortho nitro benzene ring substituents is 1. The van der Waals surface area contributed by atoms with Crippen LogP contribution in [0, 0.1) is 20.9 Å². The molecule has 1 heterocycles. The van der Waals surface area contributed by atoms with Crippen LogP contribution < -0.4 is 0 Å². The average molecular weight is 302 g/mol. The van der Waals surface area contributed by atoms with Gasteiger partial charge in [0.05, 0.1) is 4.92 Å². The van der Waals surface area contributed by atoms with Crippen LogP contribution in [0.3, 0.4) is 0 Å². The van der Waals surface area contributed by atoms with Gasteiger partial charge in [-0.25, -0.2) is 0 Å². The molecule has 2 bridgehead atoms. The Morgan fingerprint density at radius 3 is 2.73 bits per heavy atom. The highest BCUT2D eigenvalue weighted by molar-refractivity contribution is 5.95. The topological polar surface area (TPSA) is 63.5 Å². The molecule has 0 unspecified atom stereocenters. The largest absolute Gasteiger partial charge is 0.335 e. The number of likely N-dealkylation sites (tertiary alicyclic amines) is 1. The SMILES string of the molecule is CC1(C)C[C@@H]2C[C@@](C)(CN2C(=O)c2cccc([N+](=O)[O-])c2)C1. The van der Waals surface area contributed by atoms with Crippen LogP contribution in [-0.2, 0) is 0 Å². The molecule has 2 atom stereocenters. The van der Waals surface area contributed by atoms with E-state index in [1.807, 2.05) is 4.90 Å². The van der Waals surface area contributed by atoms with Gasteiger partial charge in [-0.2, -0.15) is 0 Å². The summed E-state index contributed by atoms with van der Waals surface area (Å²) in [5.74, 6) is -0.0740. The Labute approximate surface area is 130 Å². The fourth-order valence-electron chi connectivity index (χ4n) is 4.62. The van der Waals surface area contributed by atoms with Crippen LogP contribution in [0.15, 0.2) is 24.3 Å².